The van der Waals surface area contributed by atoms with Crippen LogP contribution in [0.5, 0.6) is 0 Å². The van der Waals surface area contributed by atoms with Gasteiger partial charge in [0.25, 0.3) is 5.91 Å². The third-order valence-corrected chi connectivity index (χ3v) is 4.44. The molecule has 0 saturated heterocycles. The Labute approximate surface area is 167 Å². The number of rotatable bonds is 4. The van der Waals surface area contributed by atoms with E-state index in [0.29, 0.717) is 20.5 Å². The minimum Gasteiger partial charge on any atom is -0.449 e. The first-order chi connectivity index (χ1) is 12.8. The Morgan fingerprint density at radius 1 is 1.19 bits per heavy atom. The number of carbonyl (C=O) groups excluding carboxylic acids is 2. The molecule has 0 saturated carbocycles. The largest absolute Gasteiger partial charge is 0.449 e. The number of amides is 1. The maximum Gasteiger partial charge on any atom is 0.338 e. The lowest BCUT2D eigenvalue weighted by atomic mass is 10.1. The van der Waals surface area contributed by atoms with Gasteiger partial charge in [-0.05, 0) is 55.5 Å². The fraction of sp³-hybridized carbons (Fsp3) is 0.105. The smallest absolute Gasteiger partial charge is 0.338 e. The molecular formula is C19H13BrClFN2O3. The maximum absolute atomic E-state index is 13.8. The summed E-state index contributed by atoms with van der Waals surface area (Å²) in [6.07, 6.45) is -1.11. The fourth-order valence-electron chi connectivity index (χ4n) is 2.34. The highest BCUT2D eigenvalue weighted by Gasteiger charge is 2.20. The van der Waals surface area contributed by atoms with Crippen molar-refractivity contribution in [2.75, 3.05) is 5.32 Å². The number of benzene rings is 2. The summed E-state index contributed by atoms with van der Waals surface area (Å²) in [6.45, 7) is 1.41. The number of halogens is 3. The fourth-order valence-corrected chi connectivity index (χ4v) is 2.82. The zero-order valence-corrected chi connectivity index (χ0v) is 16.3. The summed E-state index contributed by atoms with van der Waals surface area (Å²) < 4.78 is 19.5. The van der Waals surface area contributed by atoms with Crippen LogP contribution in [0.15, 0.2) is 53.0 Å². The molecule has 0 aliphatic carbocycles. The number of hydrogen-bond acceptors (Lipinski definition) is 4. The minimum atomic E-state index is -1.11. The van der Waals surface area contributed by atoms with Crippen molar-refractivity contribution in [1.82, 2.24) is 4.98 Å². The molecule has 27 heavy (non-hydrogen) atoms. The Hall–Kier alpha value is -2.51. The number of nitrogens with zero attached hydrogens (tertiary/aromatic N) is 1. The number of nitrogens with one attached hydrogen (secondary N) is 1. The summed E-state index contributed by atoms with van der Waals surface area (Å²) in [5.74, 6) is -1.92. The summed E-state index contributed by atoms with van der Waals surface area (Å²) in [4.78, 5) is 28.6. The van der Waals surface area contributed by atoms with Crippen molar-refractivity contribution in [1.29, 1.82) is 0 Å². The normalized spacial score (nSPS) is 11.9. The van der Waals surface area contributed by atoms with Gasteiger partial charge in [-0.15, -0.1) is 0 Å². The molecule has 3 aromatic rings. The molecule has 1 aromatic heterocycles. The van der Waals surface area contributed by atoms with Gasteiger partial charge in [0.1, 0.15) is 11.0 Å². The van der Waals surface area contributed by atoms with Crippen molar-refractivity contribution in [3.05, 3.63) is 69.5 Å². The van der Waals surface area contributed by atoms with Gasteiger partial charge >= 0.3 is 5.97 Å². The van der Waals surface area contributed by atoms with E-state index < -0.39 is 23.8 Å². The van der Waals surface area contributed by atoms with Crippen LogP contribution in [-0.2, 0) is 9.53 Å². The Morgan fingerprint density at radius 2 is 1.96 bits per heavy atom. The first kappa shape index (κ1) is 19.3. The molecule has 0 fully saturated rings. The van der Waals surface area contributed by atoms with E-state index in [9.17, 15) is 14.0 Å². The van der Waals surface area contributed by atoms with Gasteiger partial charge in [0.05, 0.1) is 16.8 Å². The van der Waals surface area contributed by atoms with Crippen molar-refractivity contribution >= 4 is 56.0 Å². The lowest BCUT2D eigenvalue weighted by molar-refractivity contribution is -0.123. The lowest BCUT2D eigenvalue weighted by Crippen LogP contribution is -2.30. The van der Waals surface area contributed by atoms with Crippen LogP contribution in [0.2, 0.25) is 5.15 Å². The van der Waals surface area contributed by atoms with Crippen LogP contribution in [0.25, 0.3) is 10.9 Å². The van der Waals surface area contributed by atoms with E-state index in [2.05, 4.69) is 26.2 Å². The van der Waals surface area contributed by atoms with Crippen LogP contribution < -0.4 is 5.32 Å². The van der Waals surface area contributed by atoms with Crippen molar-refractivity contribution in [2.45, 2.75) is 13.0 Å². The maximum atomic E-state index is 13.8. The molecular weight excluding hydrogens is 439 g/mol. The van der Waals surface area contributed by atoms with Gasteiger partial charge in [-0.1, -0.05) is 27.5 Å². The third kappa shape index (κ3) is 4.61. The quantitative estimate of drug-likeness (QED) is 0.449. The van der Waals surface area contributed by atoms with Crippen molar-refractivity contribution in [3.63, 3.8) is 0 Å². The molecule has 1 heterocycles. The predicted molar refractivity (Wildman–Crippen MR) is 104 cm³/mol. The zero-order chi connectivity index (χ0) is 19.6. The number of anilines is 1. The molecule has 2 aromatic carbocycles. The molecule has 0 spiro atoms. The molecule has 0 bridgehead atoms. The molecule has 0 aliphatic heterocycles. The summed E-state index contributed by atoms with van der Waals surface area (Å²) >= 11 is 8.97. The molecule has 138 valence electrons. The topological polar surface area (TPSA) is 68.3 Å². The van der Waals surface area contributed by atoms with Gasteiger partial charge in [0.15, 0.2) is 6.10 Å². The SMILES string of the molecule is CC(OC(=O)c1ccc2nc(Cl)ccc2c1)C(=O)Nc1ccc(Br)cc1F. The van der Waals surface area contributed by atoms with Crippen LogP contribution in [-0.4, -0.2) is 23.0 Å². The van der Waals surface area contributed by atoms with E-state index in [-0.39, 0.29) is 11.3 Å². The second-order valence-electron chi connectivity index (χ2n) is 5.70. The first-order valence-corrected chi connectivity index (χ1v) is 9.04. The highest BCUT2D eigenvalue weighted by Crippen LogP contribution is 2.20. The number of carbonyl (C=O) groups is 2. The van der Waals surface area contributed by atoms with E-state index >= 15 is 0 Å². The molecule has 1 unspecified atom stereocenters. The Kier molecular flexibility index (Phi) is 5.72. The van der Waals surface area contributed by atoms with Gasteiger partial charge in [-0.2, -0.15) is 0 Å². The average molecular weight is 452 g/mol. The van der Waals surface area contributed by atoms with E-state index in [1.54, 1.807) is 30.3 Å². The van der Waals surface area contributed by atoms with Crippen LogP contribution in [0.4, 0.5) is 10.1 Å². The molecule has 5 nitrogen and oxygen atoms in total. The van der Waals surface area contributed by atoms with Crippen LogP contribution in [0.3, 0.4) is 0 Å². The third-order valence-electron chi connectivity index (χ3n) is 3.73. The zero-order valence-electron chi connectivity index (χ0n) is 14.0. The first-order valence-electron chi connectivity index (χ1n) is 7.87. The Balaban J connectivity index is 1.69. The number of aromatic nitrogens is 1. The highest BCUT2D eigenvalue weighted by atomic mass is 79.9. The molecule has 1 atom stereocenters. The number of ether oxygens (including phenoxy) is 1. The van der Waals surface area contributed by atoms with Gasteiger partial charge in [0.2, 0.25) is 0 Å². The predicted octanol–water partition coefficient (Wildman–Crippen LogP) is 4.97. The van der Waals surface area contributed by atoms with Gasteiger partial charge in [-0.25, -0.2) is 14.2 Å². The summed E-state index contributed by atoms with van der Waals surface area (Å²) in [6, 6.07) is 12.3. The second-order valence-corrected chi connectivity index (χ2v) is 7.01. The second kappa shape index (κ2) is 8.02. The minimum absolute atomic E-state index is 0.000225. The highest BCUT2D eigenvalue weighted by molar-refractivity contribution is 9.10. The number of fused-ring (bicyclic) bond motifs is 1. The van der Waals surface area contributed by atoms with Crippen molar-refractivity contribution in [3.8, 4) is 0 Å². The summed E-state index contributed by atoms with van der Waals surface area (Å²) in [5, 5.41) is 3.45. The lowest BCUT2D eigenvalue weighted by Gasteiger charge is -2.14. The molecule has 1 N–H and O–H groups in total. The van der Waals surface area contributed by atoms with E-state index in [1.807, 2.05) is 0 Å². The average Bonchev–Trinajstić information content (AvgIpc) is 2.63. The van der Waals surface area contributed by atoms with E-state index in [4.69, 9.17) is 16.3 Å². The molecule has 8 heteroatoms. The van der Waals surface area contributed by atoms with Gasteiger partial charge < -0.3 is 10.1 Å². The van der Waals surface area contributed by atoms with E-state index in [1.165, 1.54) is 25.1 Å². The van der Waals surface area contributed by atoms with Gasteiger partial charge in [0, 0.05) is 9.86 Å². The number of pyridine rings is 1. The molecule has 0 radical (unpaired) electrons. The number of hydrogen-bond donors (Lipinski definition) is 1. The molecule has 3 rings (SSSR count). The Morgan fingerprint density at radius 3 is 2.70 bits per heavy atom. The number of esters is 1. The summed E-state index contributed by atoms with van der Waals surface area (Å²) in [7, 11) is 0. The monoisotopic (exact) mass is 450 g/mol. The van der Waals surface area contributed by atoms with Crippen LogP contribution in [0, 0.1) is 5.82 Å². The molecule has 0 aliphatic rings. The van der Waals surface area contributed by atoms with Crippen molar-refractivity contribution in [2.24, 2.45) is 0 Å². The Bertz CT molecular complexity index is 1040. The van der Waals surface area contributed by atoms with Crippen LogP contribution in [0.1, 0.15) is 17.3 Å². The van der Waals surface area contributed by atoms with Crippen LogP contribution >= 0.6 is 27.5 Å². The standard InChI is InChI=1S/C19H13BrClFN2O3/c1-10(18(25)24-16-6-4-13(20)9-14(16)22)27-19(26)12-2-5-15-11(8-12)3-7-17(21)23-15/h2-10H,1H3,(H,24,25). The van der Waals surface area contributed by atoms with E-state index in [0.717, 1.165) is 0 Å². The summed E-state index contributed by atoms with van der Waals surface area (Å²) in [5.41, 5.74) is 0.899. The van der Waals surface area contributed by atoms with Gasteiger partial charge in [-0.3, -0.25) is 4.79 Å². The van der Waals surface area contributed by atoms with Crippen molar-refractivity contribution < 1.29 is 18.7 Å². The molecule has 1 amide bonds.